The third-order valence-electron chi connectivity index (χ3n) is 3.35. The number of aromatic nitrogens is 2. The van der Waals surface area contributed by atoms with E-state index in [1.807, 2.05) is 18.2 Å². The lowest BCUT2D eigenvalue weighted by atomic mass is 9.87. The average molecular weight is 290 g/mol. The van der Waals surface area contributed by atoms with Gasteiger partial charge in [0, 0.05) is 17.4 Å². The highest BCUT2D eigenvalue weighted by molar-refractivity contribution is 6.31. The molecule has 1 aliphatic rings. The number of nitrogens with zero attached hydrogens (tertiary/aromatic N) is 1. The van der Waals surface area contributed by atoms with Gasteiger partial charge in [-0.3, -0.25) is 9.59 Å². The van der Waals surface area contributed by atoms with Crippen LogP contribution < -0.4 is 10.9 Å². The minimum Gasteiger partial charge on any atom is -0.310 e. The van der Waals surface area contributed by atoms with Crippen LogP contribution in [0.3, 0.4) is 0 Å². The monoisotopic (exact) mass is 289 g/mol. The number of anilines is 1. The molecular formula is C14H12ClN3O2. The first-order chi connectivity index (χ1) is 9.56. The van der Waals surface area contributed by atoms with E-state index in [9.17, 15) is 9.59 Å². The van der Waals surface area contributed by atoms with E-state index in [0.29, 0.717) is 22.2 Å². The van der Waals surface area contributed by atoms with E-state index in [1.54, 1.807) is 13.0 Å². The summed E-state index contributed by atoms with van der Waals surface area (Å²) in [5.41, 5.74) is 0.988. The number of hydrogen-bond acceptors (Lipinski definition) is 3. The fourth-order valence-electron chi connectivity index (χ4n) is 2.51. The average Bonchev–Trinajstić information content (AvgIpc) is 2.37. The molecule has 0 fully saturated rings. The summed E-state index contributed by atoms with van der Waals surface area (Å²) in [6.07, 6.45) is 0.185. The third-order valence-corrected chi connectivity index (χ3v) is 3.69. The number of carbonyl (C=O) groups is 1. The van der Waals surface area contributed by atoms with Crippen LogP contribution in [0.1, 0.15) is 29.3 Å². The van der Waals surface area contributed by atoms with Gasteiger partial charge in [0.15, 0.2) is 0 Å². The first-order valence-electron chi connectivity index (χ1n) is 6.21. The van der Waals surface area contributed by atoms with Gasteiger partial charge in [-0.05, 0) is 18.6 Å². The molecule has 5 nitrogen and oxygen atoms in total. The Morgan fingerprint density at radius 3 is 2.80 bits per heavy atom. The van der Waals surface area contributed by atoms with Gasteiger partial charge in [0.2, 0.25) is 5.91 Å². The maximum atomic E-state index is 12.2. The number of carbonyl (C=O) groups excluding carboxylic acids is 1. The van der Waals surface area contributed by atoms with Gasteiger partial charge in [-0.2, -0.15) is 0 Å². The van der Waals surface area contributed by atoms with Gasteiger partial charge in [0.05, 0.1) is 5.56 Å². The smallest absolute Gasteiger partial charge is 0.256 e. The van der Waals surface area contributed by atoms with Crippen LogP contribution in [0.2, 0.25) is 5.02 Å². The molecule has 1 aromatic carbocycles. The molecule has 1 atom stereocenters. The highest BCUT2D eigenvalue weighted by atomic mass is 35.5. The van der Waals surface area contributed by atoms with Crippen LogP contribution in [0.15, 0.2) is 29.1 Å². The van der Waals surface area contributed by atoms with Crippen LogP contribution in [0, 0.1) is 6.92 Å². The summed E-state index contributed by atoms with van der Waals surface area (Å²) >= 11 is 6.19. The summed E-state index contributed by atoms with van der Waals surface area (Å²) in [7, 11) is 0. The molecule has 6 heteroatoms. The molecule has 0 saturated heterocycles. The maximum absolute atomic E-state index is 12.2. The van der Waals surface area contributed by atoms with Gasteiger partial charge in [0.1, 0.15) is 11.6 Å². The predicted octanol–water partition coefficient (Wildman–Crippen LogP) is 2.21. The number of amides is 1. The van der Waals surface area contributed by atoms with E-state index in [-0.39, 0.29) is 23.8 Å². The summed E-state index contributed by atoms with van der Waals surface area (Å²) in [6.45, 7) is 1.67. The van der Waals surface area contributed by atoms with E-state index in [1.165, 1.54) is 0 Å². The third kappa shape index (κ3) is 2.10. The van der Waals surface area contributed by atoms with Crippen molar-refractivity contribution >= 4 is 23.3 Å². The minimum atomic E-state index is -0.371. The number of halogens is 1. The van der Waals surface area contributed by atoms with E-state index in [0.717, 1.165) is 5.56 Å². The van der Waals surface area contributed by atoms with E-state index in [2.05, 4.69) is 15.3 Å². The largest absolute Gasteiger partial charge is 0.310 e. The van der Waals surface area contributed by atoms with E-state index in [4.69, 9.17) is 11.6 Å². The van der Waals surface area contributed by atoms with E-state index < -0.39 is 0 Å². The van der Waals surface area contributed by atoms with Gasteiger partial charge in [-0.25, -0.2) is 4.98 Å². The van der Waals surface area contributed by atoms with Crippen LogP contribution in [-0.4, -0.2) is 15.9 Å². The fraction of sp³-hybridized carbons (Fsp3) is 0.214. The Labute approximate surface area is 120 Å². The van der Waals surface area contributed by atoms with Crippen LogP contribution in [0.4, 0.5) is 5.82 Å². The Balaban J connectivity index is 2.23. The van der Waals surface area contributed by atoms with Crippen LogP contribution >= 0.6 is 11.6 Å². The van der Waals surface area contributed by atoms with Gasteiger partial charge < -0.3 is 10.3 Å². The predicted molar refractivity (Wildman–Crippen MR) is 76.1 cm³/mol. The first-order valence-corrected chi connectivity index (χ1v) is 6.59. The molecular weight excluding hydrogens is 278 g/mol. The zero-order valence-corrected chi connectivity index (χ0v) is 11.5. The molecule has 102 valence electrons. The van der Waals surface area contributed by atoms with Crippen molar-refractivity contribution in [2.24, 2.45) is 0 Å². The van der Waals surface area contributed by atoms with Crippen LogP contribution in [0.25, 0.3) is 0 Å². The van der Waals surface area contributed by atoms with Gasteiger partial charge in [0.25, 0.3) is 5.56 Å². The molecule has 2 aromatic rings. The lowest BCUT2D eigenvalue weighted by molar-refractivity contribution is -0.116. The van der Waals surface area contributed by atoms with Crippen molar-refractivity contribution in [3.63, 3.8) is 0 Å². The van der Waals surface area contributed by atoms with Crippen molar-refractivity contribution in [2.75, 3.05) is 5.32 Å². The Morgan fingerprint density at radius 1 is 1.30 bits per heavy atom. The number of aromatic amines is 1. The normalized spacial score (nSPS) is 17.5. The summed E-state index contributed by atoms with van der Waals surface area (Å²) in [6, 6.07) is 7.23. The van der Waals surface area contributed by atoms with Gasteiger partial charge in [-0.15, -0.1) is 0 Å². The van der Waals surface area contributed by atoms with Crippen molar-refractivity contribution in [2.45, 2.75) is 19.3 Å². The number of hydrogen-bond donors (Lipinski definition) is 2. The standard InChI is InChI=1S/C14H12ClN3O2/c1-7-16-13-12(14(20)17-7)9(6-11(19)18-13)8-4-2-3-5-10(8)15/h2-5,9H,6H2,1H3,(H2,16,17,18,19,20)/t9-/m0/s1. The lowest BCUT2D eigenvalue weighted by Crippen LogP contribution is -2.31. The molecule has 20 heavy (non-hydrogen) atoms. The molecule has 2 heterocycles. The second-order valence-electron chi connectivity index (χ2n) is 4.74. The highest BCUT2D eigenvalue weighted by Gasteiger charge is 2.31. The molecule has 0 unspecified atom stereocenters. The SMILES string of the molecule is Cc1nc2c(c(=O)[nH]1)[C@H](c1ccccc1Cl)CC(=O)N2. The quantitative estimate of drug-likeness (QED) is 0.845. The van der Waals surface area contributed by atoms with Crippen LogP contribution in [0.5, 0.6) is 0 Å². The fourth-order valence-corrected chi connectivity index (χ4v) is 2.77. The Kier molecular flexibility index (Phi) is 3.06. The molecule has 0 radical (unpaired) electrons. The second-order valence-corrected chi connectivity index (χ2v) is 5.15. The number of fused-ring (bicyclic) bond motifs is 1. The first kappa shape index (κ1) is 12.9. The lowest BCUT2D eigenvalue weighted by Gasteiger charge is -2.24. The zero-order chi connectivity index (χ0) is 14.3. The van der Waals surface area contributed by atoms with Crippen molar-refractivity contribution < 1.29 is 4.79 Å². The topological polar surface area (TPSA) is 74.8 Å². The number of H-pyrrole nitrogens is 1. The molecule has 0 spiro atoms. The molecule has 1 aliphatic heterocycles. The number of nitrogens with one attached hydrogen (secondary N) is 2. The van der Waals surface area contributed by atoms with E-state index >= 15 is 0 Å². The summed E-state index contributed by atoms with van der Waals surface area (Å²) in [5.74, 6) is 0.255. The molecule has 0 saturated carbocycles. The number of benzene rings is 1. The Hall–Kier alpha value is -2.14. The summed E-state index contributed by atoms with van der Waals surface area (Å²) < 4.78 is 0. The molecule has 1 aromatic heterocycles. The van der Waals surface area contributed by atoms with Crippen molar-refractivity contribution in [1.82, 2.24) is 9.97 Å². The number of rotatable bonds is 1. The van der Waals surface area contributed by atoms with Crippen LogP contribution in [-0.2, 0) is 4.79 Å². The maximum Gasteiger partial charge on any atom is 0.256 e. The highest BCUT2D eigenvalue weighted by Crippen LogP contribution is 2.36. The molecule has 0 aliphatic carbocycles. The second kappa shape index (κ2) is 4.76. The summed E-state index contributed by atoms with van der Waals surface area (Å²) in [5, 5.41) is 3.19. The summed E-state index contributed by atoms with van der Waals surface area (Å²) in [4.78, 5) is 30.9. The molecule has 2 N–H and O–H groups in total. The number of aryl methyl sites for hydroxylation is 1. The molecule has 1 amide bonds. The molecule has 3 rings (SSSR count). The molecule has 0 bridgehead atoms. The Bertz CT molecular complexity index is 754. The van der Waals surface area contributed by atoms with Gasteiger partial charge >= 0.3 is 0 Å². The zero-order valence-electron chi connectivity index (χ0n) is 10.7. The van der Waals surface area contributed by atoms with Gasteiger partial charge in [-0.1, -0.05) is 29.8 Å². The van der Waals surface area contributed by atoms with Crippen molar-refractivity contribution in [3.8, 4) is 0 Å². The minimum absolute atomic E-state index is 0.167. The van der Waals surface area contributed by atoms with Crippen molar-refractivity contribution in [3.05, 3.63) is 56.6 Å². The van der Waals surface area contributed by atoms with Crippen molar-refractivity contribution in [1.29, 1.82) is 0 Å². The Morgan fingerprint density at radius 2 is 2.05 bits per heavy atom.